The number of anilines is 3. The fourth-order valence-electron chi connectivity index (χ4n) is 3.35. The summed E-state index contributed by atoms with van der Waals surface area (Å²) in [4.78, 5) is 20.9. The average molecular weight is 521 g/mol. The molecule has 198 valence electrons. The quantitative estimate of drug-likeness (QED) is 0.317. The number of carbonyl (C=O) groups is 1. The largest absolute Gasteiger partial charge is 0.573 e. The second-order valence-corrected chi connectivity index (χ2v) is 8.25. The summed E-state index contributed by atoms with van der Waals surface area (Å²) in [6.45, 7) is 3.61. The molecule has 0 aliphatic heterocycles. The Balaban J connectivity index is 2.08. The molecular formula is C25H27F3N4O5. The van der Waals surface area contributed by atoms with Crippen LogP contribution in [0.2, 0.25) is 0 Å². The first-order chi connectivity index (χ1) is 17.5. The van der Waals surface area contributed by atoms with E-state index in [1.807, 2.05) is 13.8 Å². The fourth-order valence-corrected chi connectivity index (χ4v) is 3.35. The SMILES string of the molecule is COC(=O)c1ccc(OC)c(Nc2cc(-c3cccc(OC(F)(F)F)c3)nc(N[C@@H](CO)C(C)C)n2)c1. The molecule has 37 heavy (non-hydrogen) atoms. The number of alkyl halides is 3. The third-order valence-electron chi connectivity index (χ3n) is 5.29. The summed E-state index contributed by atoms with van der Waals surface area (Å²) in [6, 6.07) is 11.1. The lowest BCUT2D eigenvalue weighted by Gasteiger charge is -2.21. The van der Waals surface area contributed by atoms with Crippen molar-refractivity contribution in [2.45, 2.75) is 26.3 Å². The molecule has 3 aromatic rings. The molecule has 0 saturated heterocycles. The maximum absolute atomic E-state index is 12.8. The van der Waals surface area contributed by atoms with Crippen LogP contribution in [0.1, 0.15) is 24.2 Å². The normalized spacial score (nSPS) is 12.1. The molecule has 0 unspecified atom stereocenters. The number of carbonyl (C=O) groups excluding carboxylic acids is 1. The van der Waals surface area contributed by atoms with Gasteiger partial charge in [-0.05, 0) is 36.2 Å². The van der Waals surface area contributed by atoms with Crippen molar-refractivity contribution in [3.63, 3.8) is 0 Å². The van der Waals surface area contributed by atoms with Crippen molar-refractivity contribution in [1.29, 1.82) is 0 Å². The summed E-state index contributed by atoms with van der Waals surface area (Å²) >= 11 is 0. The minimum atomic E-state index is -4.85. The Hall–Kier alpha value is -4.06. The molecule has 1 atom stereocenters. The number of halogens is 3. The van der Waals surface area contributed by atoms with E-state index in [0.717, 1.165) is 0 Å². The summed E-state index contributed by atoms with van der Waals surface area (Å²) in [7, 11) is 2.72. The number of hydrogen-bond donors (Lipinski definition) is 3. The molecule has 0 fully saturated rings. The van der Waals surface area contributed by atoms with Crippen molar-refractivity contribution in [2.75, 3.05) is 31.5 Å². The van der Waals surface area contributed by atoms with Crippen LogP contribution in [-0.4, -0.2) is 54.3 Å². The molecule has 3 rings (SSSR count). The highest BCUT2D eigenvalue weighted by molar-refractivity contribution is 5.91. The van der Waals surface area contributed by atoms with Gasteiger partial charge in [0, 0.05) is 11.6 Å². The third kappa shape index (κ3) is 7.46. The van der Waals surface area contributed by atoms with Crippen molar-refractivity contribution < 1.29 is 37.3 Å². The van der Waals surface area contributed by atoms with Gasteiger partial charge in [0.25, 0.3) is 0 Å². The highest BCUT2D eigenvalue weighted by atomic mass is 19.4. The van der Waals surface area contributed by atoms with E-state index in [1.54, 1.807) is 12.1 Å². The van der Waals surface area contributed by atoms with Gasteiger partial charge in [0.15, 0.2) is 0 Å². The molecule has 0 aliphatic rings. The van der Waals surface area contributed by atoms with E-state index in [4.69, 9.17) is 9.47 Å². The zero-order valence-corrected chi connectivity index (χ0v) is 20.6. The van der Waals surface area contributed by atoms with Crippen LogP contribution in [0.4, 0.5) is 30.6 Å². The number of nitrogens with one attached hydrogen (secondary N) is 2. The summed E-state index contributed by atoms with van der Waals surface area (Å²) in [6.07, 6.45) is -4.85. The molecule has 3 N–H and O–H groups in total. The Morgan fingerprint density at radius 1 is 1.08 bits per heavy atom. The van der Waals surface area contributed by atoms with Crippen molar-refractivity contribution >= 4 is 23.4 Å². The first kappa shape index (κ1) is 27.5. The van der Waals surface area contributed by atoms with Crippen LogP contribution in [0.25, 0.3) is 11.3 Å². The van der Waals surface area contributed by atoms with Crippen LogP contribution in [0.3, 0.4) is 0 Å². The van der Waals surface area contributed by atoms with E-state index < -0.39 is 18.1 Å². The van der Waals surface area contributed by atoms with Crippen LogP contribution in [0.5, 0.6) is 11.5 Å². The summed E-state index contributed by atoms with van der Waals surface area (Å²) in [5.74, 6) is -0.170. The average Bonchev–Trinajstić information content (AvgIpc) is 2.85. The van der Waals surface area contributed by atoms with Gasteiger partial charge in [-0.15, -0.1) is 13.2 Å². The van der Waals surface area contributed by atoms with Crippen molar-refractivity contribution in [2.24, 2.45) is 5.92 Å². The number of benzene rings is 2. The monoisotopic (exact) mass is 520 g/mol. The standard InChI is InChI=1S/C25H27F3N4O5/c1-14(2)20(13-33)31-24-30-18(15-6-5-7-17(10-15)37-25(26,27)28)12-22(32-24)29-19-11-16(23(34)36-4)8-9-21(19)35-3/h5-12,14,20,33H,13H2,1-4H3,(H2,29,30,31,32)/t20-/m0/s1. The van der Waals surface area contributed by atoms with Crippen LogP contribution in [-0.2, 0) is 4.74 Å². The Morgan fingerprint density at radius 3 is 2.46 bits per heavy atom. The molecule has 9 nitrogen and oxygen atoms in total. The molecule has 0 aliphatic carbocycles. The van der Waals surface area contributed by atoms with Gasteiger partial charge in [-0.2, -0.15) is 4.98 Å². The highest BCUT2D eigenvalue weighted by Gasteiger charge is 2.31. The van der Waals surface area contributed by atoms with Gasteiger partial charge in [-0.3, -0.25) is 0 Å². The van der Waals surface area contributed by atoms with Crippen molar-refractivity contribution in [1.82, 2.24) is 9.97 Å². The van der Waals surface area contributed by atoms with Gasteiger partial charge >= 0.3 is 12.3 Å². The molecule has 12 heteroatoms. The molecule has 0 bridgehead atoms. The van der Waals surface area contributed by atoms with E-state index in [1.165, 1.54) is 50.6 Å². The molecule has 2 aromatic carbocycles. The van der Waals surface area contributed by atoms with E-state index >= 15 is 0 Å². The van der Waals surface area contributed by atoms with Gasteiger partial charge < -0.3 is 30.0 Å². The smallest absolute Gasteiger partial charge is 0.495 e. The molecule has 1 heterocycles. The minimum absolute atomic E-state index is 0.0222. The number of aliphatic hydroxyl groups excluding tert-OH is 1. The first-order valence-electron chi connectivity index (χ1n) is 11.2. The maximum Gasteiger partial charge on any atom is 0.573 e. The topological polar surface area (TPSA) is 115 Å². The number of esters is 1. The van der Waals surface area contributed by atoms with E-state index in [2.05, 4.69) is 25.3 Å². The van der Waals surface area contributed by atoms with Crippen molar-refractivity contribution in [3.8, 4) is 22.8 Å². The Kier molecular flexibility index (Phi) is 8.77. The number of aromatic nitrogens is 2. The molecule has 0 saturated carbocycles. The number of nitrogens with zero attached hydrogens (tertiary/aromatic N) is 2. The van der Waals surface area contributed by atoms with Gasteiger partial charge in [0.2, 0.25) is 5.95 Å². The Labute approximate surface area is 211 Å². The predicted octanol–water partition coefficient (Wildman–Crippen LogP) is 5.01. The number of hydrogen-bond acceptors (Lipinski definition) is 9. The molecule has 0 amide bonds. The highest BCUT2D eigenvalue weighted by Crippen LogP contribution is 2.32. The van der Waals surface area contributed by atoms with Crippen LogP contribution >= 0.6 is 0 Å². The lowest BCUT2D eigenvalue weighted by atomic mass is 10.1. The van der Waals surface area contributed by atoms with Gasteiger partial charge in [-0.1, -0.05) is 26.0 Å². The van der Waals surface area contributed by atoms with E-state index in [0.29, 0.717) is 17.0 Å². The molecule has 1 aromatic heterocycles. The minimum Gasteiger partial charge on any atom is -0.495 e. The Morgan fingerprint density at radius 2 is 1.84 bits per heavy atom. The van der Waals surface area contributed by atoms with Gasteiger partial charge in [-0.25, -0.2) is 9.78 Å². The van der Waals surface area contributed by atoms with E-state index in [9.17, 15) is 23.1 Å². The Bertz CT molecular complexity index is 1240. The summed E-state index contributed by atoms with van der Waals surface area (Å²) < 4.78 is 52.5. The third-order valence-corrected chi connectivity index (χ3v) is 5.29. The lowest BCUT2D eigenvalue weighted by Crippen LogP contribution is -2.30. The van der Waals surface area contributed by atoms with Crippen LogP contribution in [0.15, 0.2) is 48.5 Å². The zero-order chi connectivity index (χ0) is 27.2. The van der Waals surface area contributed by atoms with Gasteiger partial charge in [0.1, 0.15) is 17.3 Å². The fraction of sp³-hybridized carbons (Fsp3) is 0.320. The van der Waals surface area contributed by atoms with Crippen LogP contribution < -0.4 is 20.1 Å². The maximum atomic E-state index is 12.8. The second kappa shape index (κ2) is 11.8. The van der Waals surface area contributed by atoms with Gasteiger partial charge in [0.05, 0.1) is 43.8 Å². The number of ether oxygens (including phenoxy) is 3. The first-order valence-corrected chi connectivity index (χ1v) is 11.2. The van der Waals surface area contributed by atoms with Crippen molar-refractivity contribution in [3.05, 3.63) is 54.1 Å². The molecular weight excluding hydrogens is 493 g/mol. The van der Waals surface area contributed by atoms with E-state index in [-0.39, 0.29) is 41.6 Å². The summed E-state index contributed by atoms with van der Waals surface area (Å²) in [5, 5.41) is 15.9. The molecule has 0 spiro atoms. The van der Waals surface area contributed by atoms with Crippen LogP contribution in [0, 0.1) is 5.92 Å². The number of aliphatic hydroxyl groups is 1. The second-order valence-electron chi connectivity index (χ2n) is 8.25. The zero-order valence-electron chi connectivity index (χ0n) is 20.6. The number of methoxy groups -OCH3 is 2. The number of rotatable bonds is 10. The lowest BCUT2D eigenvalue weighted by molar-refractivity contribution is -0.274. The molecule has 0 radical (unpaired) electrons. The summed E-state index contributed by atoms with van der Waals surface area (Å²) in [5.41, 5.74) is 1.25. The predicted molar refractivity (Wildman–Crippen MR) is 131 cm³/mol.